The first-order chi connectivity index (χ1) is 9.06. The molecule has 0 unspecified atom stereocenters. The molecule has 1 aromatic carbocycles. The molecule has 0 aliphatic rings. The molecule has 19 heavy (non-hydrogen) atoms. The highest BCUT2D eigenvalue weighted by Crippen LogP contribution is 2.29. The number of fused-ring (bicyclic) bond motifs is 1. The van der Waals surface area contributed by atoms with Gasteiger partial charge in [0.15, 0.2) is 5.84 Å². The molecule has 1 heterocycles. The van der Waals surface area contributed by atoms with Crippen LogP contribution in [0.25, 0.3) is 10.9 Å². The van der Waals surface area contributed by atoms with Crippen LogP contribution < -0.4 is 10.6 Å². The first-order valence-electron chi connectivity index (χ1n) is 6.14. The van der Waals surface area contributed by atoms with Crippen molar-refractivity contribution in [3.8, 4) is 0 Å². The van der Waals surface area contributed by atoms with Crippen molar-refractivity contribution in [1.29, 1.82) is 0 Å². The van der Waals surface area contributed by atoms with Gasteiger partial charge in [0.05, 0.1) is 16.8 Å². The van der Waals surface area contributed by atoms with Gasteiger partial charge in [0, 0.05) is 24.7 Å². The molecule has 100 valence electrons. The normalized spacial score (nSPS) is 12.1. The van der Waals surface area contributed by atoms with E-state index in [4.69, 9.17) is 10.9 Å². The maximum atomic E-state index is 8.92. The van der Waals surface area contributed by atoms with Gasteiger partial charge in [-0.2, -0.15) is 0 Å². The second kappa shape index (κ2) is 5.14. The zero-order valence-corrected chi connectivity index (χ0v) is 11.3. The third-order valence-electron chi connectivity index (χ3n) is 3.26. The predicted octanol–water partition coefficient (Wildman–Crippen LogP) is 2.17. The Bertz CT molecular complexity index is 622. The van der Waals surface area contributed by atoms with E-state index in [1.807, 2.05) is 31.3 Å². The average molecular weight is 258 g/mol. The maximum Gasteiger partial charge on any atom is 0.173 e. The van der Waals surface area contributed by atoms with Gasteiger partial charge in [-0.25, -0.2) is 0 Å². The van der Waals surface area contributed by atoms with Gasteiger partial charge in [-0.1, -0.05) is 23.4 Å². The maximum absolute atomic E-state index is 8.92. The molecular formula is C14H18N4O. The monoisotopic (exact) mass is 258 g/mol. The number of amidine groups is 1. The minimum absolute atomic E-state index is 0.0701. The Morgan fingerprint density at radius 2 is 2.05 bits per heavy atom. The van der Waals surface area contributed by atoms with Crippen molar-refractivity contribution in [2.75, 3.05) is 11.9 Å². The van der Waals surface area contributed by atoms with E-state index in [-0.39, 0.29) is 11.9 Å². The molecular weight excluding hydrogens is 240 g/mol. The van der Waals surface area contributed by atoms with E-state index in [1.165, 1.54) is 0 Å². The Labute approximate surface area is 112 Å². The molecule has 0 fully saturated rings. The zero-order chi connectivity index (χ0) is 14.0. The molecule has 2 rings (SSSR count). The number of aromatic nitrogens is 1. The van der Waals surface area contributed by atoms with Gasteiger partial charge in [-0.15, -0.1) is 0 Å². The summed E-state index contributed by atoms with van der Waals surface area (Å²) in [6.07, 6.45) is 1.64. The summed E-state index contributed by atoms with van der Waals surface area (Å²) < 4.78 is 0. The van der Waals surface area contributed by atoms with Crippen LogP contribution in [0.4, 0.5) is 5.69 Å². The number of hydrogen-bond acceptors (Lipinski definition) is 4. The number of rotatable bonds is 3. The Morgan fingerprint density at radius 1 is 1.37 bits per heavy atom. The number of pyridine rings is 1. The van der Waals surface area contributed by atoms with Crippen LogP contribution in [0.3, 0.4) is 0 Å². The van der Waals surface area contributed by atoms with Gasteiger partial charge in [-0.3, -0.25) is 4.98 Å². The number of nitrogens with zero attached hydrogens (tertiary/aromatic N) is 3. The summed E-state index contributed by atoms with van der Waals surface area (Å²) in [5, 5.41) is 13.0. The summed E-state index contributed by atoms with van der Waals surface area (Å²) >= 11 is 0. The second-order valence-electron chi connectivity index (χ2n) is 4.73. The molecule has 5 nitrogen and oxygen atoms in total. The first kappa shape index (κ1) is 13.1. The van der Waals surface area contributed by atoms with Gasteiger partial charge >= 0.3 is 0 Å². The van der Waals surface area contributed by atoms with Crippen molar-refractivity contribution >= 4 is 22.4 Å². The van der Waals surface area contributed by atoms with Crippen LogP contribution in [0.5, 0.6) is 0 Å². The third-order valence-corrected chi connectivity index (χ3v) is 3.26. The number of nitrogens with two attached hydrogens (primary N) is 1. The predicted molar refractivity (Wildman–Crippen MR) is 77.8 cm³/mol. The molecule has 0 saturated heterocycles. The molecule has 2 aromatic rings. The molecule has 0 amide bonds. The van der Waals surface area contributed by atoms with Gasteiger partial charge in [0.2, 0.25) is 0 Å². The standard InChI is InChI=1S/C14H18N4O/c1-9(2)18(3)13-10-6-4-5-7-12(10)16-8-11(13)14(15)17-19/h4-9,19H,1-3H3,(H2,15,17). The smallest absolute Gasteiger partial charge is 0.173 e. The summed E-state index contributed by atoms with van der Waals surface area (Å²) in [7, 11) is 1.99. The lowest BCUT2D eigenvalue weighted by atomic mass is 10.1. The number of para-hydroxylation sites is 1. The summed E-state index contributed by atoms with van der Waals surface area (Å²) in [5.74, 6) is 0.0701. The Morgan fingerprint density at radius 3 is 2.68 bits per heavy atom. The van der Waals surface area contributed by atoms with Gasteiger partial charge < -0.3 is 15.8 Å². The zero-order valence-electron chi connectivity index (χ0n) is 11.3. The summed E-state index contributed by atoms with van der Waals surface area (Å²) in [6.45, 7) is 4.18. The highest BCUT2D eigenvalue weighted by molar-refractivity contribution is 6.08. The molecule has 1 aromatic heterocycles. The number of benzene rings is 1. The summed E-state index contributed by atoms with van der Waals surface area (Å²) in [4.78, 5) is 6.45. The summed E-state index contributed by atoms with van der Waals surface area (Å²) in [5.41, 5.74) is 8.21. The van der Waals surface area contributed by atoms with Gasteiger partial charge in [-0.05, 0) is 19.9 Å². The van der Waals surface area contributed by atoms with Gasteiger partial charge in [0.25, 0.3) is 0 Å². The molecule has 0 saturated carbocycles. The fourth-order valence-corrected chi connectivity index (χ4v) is 2.01. The fraction of sp³-hybridized carbons (Fsp3) is 0.286. The summed E-state index contributed by atoms with van der Waals surface area (Å²) in [6, 6.07) is 8.12. The molecule has 0 aliphatic heterocycles. The Balaban J connectivity index is 2.79. The lowest BCUT2D eigenvalue weighted by molar-refractivity contribution is 0.318. The molecule has 0 radical (unpaired) electrons. The number of hydrogen-bond donors (Lipinski definition) is 2. The largest absolute Gasteiger partial charge is 0.409 e. The van der Waals surface area contributed by atoms with E-state index in [9.17, 15) is 0 Å². The van der Waals surface area contributed by atoms with E-state index in [0.717, 1.165) is 16.6 Å². The minimum Gasteiger partial charge on any atom is -0.409 e. The lowest BCUT2D eigenvalue weighted by Gasteiger charge is -2.27. The van der Waals surface area contributed by atoms with E-state index < -0.39 is 0 Å². The Hall–Kier alpha value is -2.30. The van der Waals surface area contributed by atoms with Crippen molar-refractivity contribution in [1.82, 2.24) is 4.98 Å². The Kier molecular flexibility index (Phi) is 3.55. The van der Waals surface area contributed by atoms with Crippen LogP contribution in [0.15, 0.2) is 35.6 Å². The van der Waals surface area contributed by atoms with Gasteiger partial charge in [0.1, 0.15) is 0 Å². The van der Waals surface area contributed by atoms with Crippen LogP contribution >= 0.6 is 0 Å². The SMILES string of the molecule is CC(C)N(C)c1c(/C(N)=N/O)cnc2ccccc12. The van der Waals surface area contributed by atoms with Crippen LogP contribution in [0.1, 0.15) is 19.4 Å². The quantitative estimate of drug-likeness (QED) is 0.383. The lowest BCUT2D eigenvalue weighted by Crippen LogP contribution is -2.29. The van der Waals surface area contributed by atoms with Crippen molar-refractivity contribution in [3.05, 3.63) is 36.0 Å². The molecule has 0 atom stereocenters. The molecule has 5 heteroatoms. The van der Waals surface area contributed by atoms with E-state index in [0.29, 0.717) is 5.56 Å². The van der Waals surface area contributed by atoms with Crippen LogP contribution in [-0.4, -0.2) is 29.1 Å². The number of anilines is 1. The topological polar surface area (TPSA) is 74.7 Å². The van der Waals surface area contributed by atoms with E-state index >= 15 is 0 Å². The molecule has 3 N–H and O–H groups in total. The van der Waals surface area contributed by atoms with Crippen LogP contribution in [0.2, 0.25) is 0 Å². The van der Waals surface area contributed by atoms with Crippen molar-refractivity contribution in [2.24, 2.45) is 10.9 Å². The van der Waals surface area contributed by atoms with Crippen molar-refractivity contribution in [3.63, 3.8) is 0 Å². The van der Waals surface area contributed by atoms with Crippen LogP contribution in [-0.2, 0) is 0 Å². The van der Waals surface area contributed by atoms with Crippen molar-refractivity contribution < 1.29 is 5.21 Å². The van der Waals surface area contributed by atoms with Crippen LogP contribution in [0, 0.1) is 0 Å². The highest BCUT2D eigenvalue weighted by Gasteiger charge is 2.17. The first-order valence-corrected chi connectivity index (χ1v) is 6.14. The fourth-order valence-electron chi connectivity index (χ4n) is 2.01. The molecule has 0 spiro atoms. The molecule has 0 aliphatic carbocycles. The van der Waals surface area contributed by atoms with E-state index in [2.05, 4.69) is 28.9 Å². The third kappa shape index (κ3) is 2.31. The highest BCUT2D eigenvalue weighted by atomic mass is 16.4. The van der Waals surface area contributed by atoms with Crippen molar-refractivity contribution in [2.45, 2.75) is 19.9 Å². The number of oxime groups is 1. The molecule has 0 bridgehead atoms. The average Bonchev–Trinajstić information content (AvgIpc) is 2.44. The minimum atomic E-state index is 0.0701. The van der Waals surface area contributed by atoms with E-state index in [1.54, 1.807) is 6.20 Å². The second-order valence-corrected chi connectivity index (χ2v) is 4.73.